The zero-order valence-corrected chi connectivity index (χ0v) is 10.6. The zero-order valence-electron chi connectivity index (χ0n) is 9.04. The Kier molecular flexibility index (Phi) is 3.96. The largest absolute Gasteiger partial charge is 0.444 e. The summed E-state index contributed by atoms with van der Waals surface area (Å²) in [6.45, 7) is 5.85. The SMILES string of the molecule is CC(C)(C)OC(=O)NC[C@H]1CC(Br)=NO1. The van der Waals surface area contributed by atoms with Gasteiger partial charge in [-0.15, -0.1) is 0 Å². The molecule has 0 aromatic heterocycles. The summed E-state index contributed by atoms with van der Waals surface area (Å²) in [5, 5.41) is 6.33. The second-order valence-electron chi connectivity index (χ2n) is 4.28. The van der Waals surface area contributed by atoms with E-state index in [1.165, 1.54) is 0 Å². The van der Waals surface area contributed by atoms with Gasteiger partial charge in [-0.2, -0.15) is 0 Å². The van der Waals surface area contributed by atoms with E-state index in [1.54, 1.807) is 0 Å². The Morgan fingerprint density at radius 2 is 2.40 bits per heavy atom. The fourth-order valence-corrected chi connectivity index (χ4v) is 1.46. The molecule has 1 atom stereocenters. The van der Waals surface area contributed by atoms with Gasteiger partial charge < -0.3 is 14.9 Å². The first kappa shape index (κ1) is 12.3. The first-order valence-electron chi connectivity index (χ1n) is 4.72. The van der Waals surface area contributed by atoms with E-state index < -0.39 is 11.7 Å². The summed E-state index contributed by atoms with van der Waals surface area (Å²) >= 11 is 3.22. The van der Waals surface area contributed by atoms with Crippen LogP contribution in [0.5, 0.6) is 0 Å². The van der Waals surface area contributed by atoms with E-state index in [2.05, 4.69) is 26.4 Å². The van der Waals surface area contributed by atoms with E-state index in [0.29, 0.717) is 13.0 Å². The van der Waals surface area contributed by atoms with Gasteiger partial charge in [0.25, 0.3) is 0 Å². The lowest BCUT2D eigenvalue weighted by Crippen LogP contribution is -2.36. The summed E-state index contributed by atoms with van der Waals surface area (Å²) in [6.07, 6.45) is 0.136. The molecule has 1 aliphatic rings. The van der Waals surface area contributed by atoms with Crippen molar-refractivity contribution in [3.63, 3.8) is 0 Å². The van der Waals surface area contributed by atoms with E-state index in [4.69, 9.17) is 9.57 Å². The molecule has 1 rings (SSSR count). The van der Waals surface area contributed by atoms with Crippen LogP contribution in [0.2, 0.25) is 0 Å². The van der Waals surface area contributed by atoms with Gasteiger partial charge in [0.15, 0.2) is 6.10 Å². The molecule has 1 amide bonds. The van der Waals surface area contributed by atoms with Gasteiger partial charge in [0, 0.05) is 6.42 Å². The van der Waals surface area contributed by atoms with Gasteiger partial charge in [-0.05, 0) is 36.7 Å². The van der Waals surface area contributed by atoms with E-state index in [1.807, 2.05) is 20.8 Å². The van der Waals surface area contributed by atoms with Crippen LogP contribution in [0.1, 0.15) is 27.2 Å². The number of halogens is 1. The van der Waals surface area contributed by atoms with Gasteiger partial charge in [-0.3, -0.25) is 0 Å². The van der Waals surface area contributed by atoms with Gasteiger partial charge in [0.2, 0.25) is 0 Å². The highest BCUT2D eigenvalue weighted by Gasteiger charge is 2.21. The number of rotatable bonds is 2. The van der Waals surface area contributed by atoms with Crippen molar-refractivity contribution in [3.05, 3.63) is 0 Å². The maximum Gasteiger partial charge on any atom is 0.407 e. The summed E-state index contributed by atoms with van der Waals surface area (Å²) in [7, 11) is 0. The molecule has 0 aliphatic carbocycles. The van der Waals surface area contributed by atoms with Crippen LogP contribution >= 0.6 is 15.9 Å². The molecule has 0 aromatic carbocycles. The Morgan fingerprint density at radius 3 is 2.87 bits per heavy atom. The predicted molar refractivity (Wildman–Crippen MR) is 60.1 cm³/mol. The first-order valence-corrected chi connectivity index (χ1v) is 5.51. The number of nitrogens with one attached hydrogen (secondary N) is 1. The molecule has 15 heavy (non-hydrogen) atoms. The minimum atomic E-state index is -0.475. The van der Waals surface area contributed by atoms with Crippen molar-refractivity contribution in [3.8, 4) is 0 Å². The maximum absolute atomic E-state index is 11.3. The van der Waals surface area contributed by atoms with E-state index >= 15 is 0 Å². The van der Waals surface area contributed by atoms with E-state index in [0.717, 1.165) is 4.62 Å². The highest BCUT2D eigenvalue weighted by molar-refractivity contribution is 9.18. The number of nitrogens with zero attached hydrogens (tertiary/aromatic N) is 1. The number of hydrogen-bond acceptors (Lipinski definition) is 4. The third-order valence-corrected chi connectivity index (χ3v) is 2.04. The second kappa shape index (κ2) is 4.83. The minimum absolute atomic E-state index is 0.105. The lowest BCUT2D eigenvalue weighted by atomic mass is 10.2. The van der Waals surface area contributed by atoms with Crippen molar-refractivity contribution in [1.29, 1.82) is 0 Å². The van der Waals surface area contributed by atoms with Crippen LogP contribution in [0.15, 0.2) is 5.16 Å². The molecule has 0 aromatic rings. The quantitative estimate of drug-likeness (QED) is 0.841. The minimum Gasteiger partial charge on any atom is -0.444 e. The lowest BCUT2D eigenvalue weighted by Gasteiger charge is -2.20. The highest BCUT2D eigenvalue weighted by atomic mass is 79.9. The standard InChI is InChI=1S/C9H15BrN2O3/c1-9(2,3)14-8(13)11-5-6-4-7(10)12-15-6/h6H,4-5H2,1-3H3,(H,11,13)/t6-/m1/s1. The van der Waals surface area contributed by atoms with Crippen molar-refractivity contribution >= 4 is 26.6 Å². The average Bonchev–Trinajstić information content (AvgIpc) is 2.45. The van der Waals surface area contributed by atoms with Gasteiger partial charge >= 0.3 is 6.09 Å². The molecule has 0 saturated carbocycles. The Hall–Kier alpha value is -0.780. The molecular weight excluding hydrogens is 264 g/mol. The molecule has 0 spiro atoms. The molecule has 5 nitrogen and oxygen atoms in total. The summed E-state index contributed by atoms with van der Waals surface area (Å²) in [5.74, 6) is 0. The van der Waals surface area contributed by atoms with Crippen molar-refractivity contribution in [2.45, 2.75) is 38.9 Å². The highest BCUT2D eigenvalue weighted by Crippen LogP contribution is 2.13. The topological polar surface area (TPSA) is 59.9 Å². The van der Waals surface area contributed by atoms with Gasteiger partial charge in [0.1, 0.15) is 10.2 Å². The Balaban J connectivity index is 2.18. The van der Waals surface area contributed by atoms with Crippen LogP contribution < -0.4 is 5.32 Å². The maximum atomic E-state index is 11.3. The van der Waals surface area contributed by atoms with Crippen LogP contribution in [0.4, 0.5) is 4.79 Å². The lowest BCUT2D eigenvalue weighted by molar-refractivity contribution is 0.0439. The average molecular weight is 279 g/mol. The molecule has 0 radical (unpaired) electrons. The number of carbonyl (C=O) groups excluding carboxylic acids is 1. The van der Waals surface area contributed by atoms with Crippen molar-refractivity contribution in [1.82, 2.24) is 5.32 Å². The van der Waals surface area contributed by atoms with Gasteiger partial charge in [-0.1, -0.05) is 5.16 Å². The third kappa shape index (κ3) is 5.01. The monoisotopic (exact) mass is 278 g/mol. The summed E-state index contributed by atoms with van der Waals surface area (Å²) in [6, 6.07) is 0. The number of hydrogen-bond donors (Lipinski definition) is 1. The van der Waals surface area contributed by atoms with Crippen molar-refractivity contribution in [2.75, 3.05) is 6.54 Å². The van der Waals surface area contributed by atoms with Gasteiger partial charge in [0.05, 0.1) is 6.54 Å². The molecule has 86 valence electrons. The molecular formula is C9H15BrN2O3. The summed E-state index contributed by atoms with van der Waals surface area (Å²) < 4.78 is 5.83. The second-order valence-corrected chi connectivity index (χ2v) is 5.20. The van der Waals surface area contributed by atoms with Crippen LogP contribution in [-0.2, 0) is 9.57 Å². The van der Waals surface area contributed by atoms with Crippen molar-refractivity contribution in [2.24, 2.45) is 5.16 Å². The number of amides is 1. The molecule has 1 heterocycles. The summed E-state index contributed by atoms with van der Waals surface area (Å²) in [5.41, 5.74) is -0.475. The zero-order chi connectivity index (χ0) is 11.5. The van der Waals surface area contributed by atoms with Crippen LogP contribution in [0.25, 0.3) is 0 Å². The smallest absolute Gasteiger partial charge is 0.407 e. The Morgan fingerprint density at radius 1 is 1.73 bits per heavy atom. The predicted octanol–water partition coefficient (Wildman–Crippen LogP) is 2.01. The molecule has 0 unspecified atom stereocenters. The number of alkyl carbamates (subject to hydrolysis) is 1. The Labute approximate surface area is 97.3 Å². The van der Waals surface area contributed by atoms with E-state index in [-0.39, 0.29) is 6.10 Å². The van der Waals surface area contributed by atoms with Crippen LogP contribution in [-0.4, -0.2) is 29.0 Å². The molecule has 0 bridgehead atoms. The molecule has 1 aliphatic heterocycles. The number of oxime groups is 1. The Bertz CT molecular complexity index is 273. The molecule has 1 N–H and O–H groups in total. The van der Waals surface area contributed by atoms with Crippen molar-refractivity contribution < 1.29 is 14.4 Å². The fraction of sp³-hybridized carbons (Fsp3) is 0.778. The molecule has 6 heteroatoms. The van der Waals surface area contributed by atoms with Gasteiger partial charge in [-0.25, -0.2) is 4.79 Å². The van der Waals surface area contributed by atoms with Crippen LogP contribution in [0.3, 0.4) is 0 Å². The first-order chi connectivity index (χ1) is 6.87. The molecule has 0 fully saturated rings. The number of carbonyl (C=O) groups is 1. The van der Waals surface area contributed by atoms with E-state index in [9.17, 15) is 4.79 Å². The normalized spacial score (nSPS) is 20.5. The van der Waals surface area contributed by atoms with Crippen LogP contribution in [0, 0.1) is 0 Å². The third-order valence-electron chi connectivity index (χ3n) is 1.57. The number of ether oxygens (including phenoxy) is 1. The molecule has 0 saturated heterocycles. The fourth-order valence-electron chi connectivity index (χ4n) is 1.01. The summed E-state index contributed by atoms with van der Waals surface area (Å²) in [4.78, 5) is 16.3.